The van der Waals surface area contributed by atoms with Crippen molar-refractivity contribution in [2.45, 2.75) is 0 Å². The number of amides is 2. The number of anilines is 1. The van der Waals surface area contributed by atoms with E-state index in [4.69, 9.17) is 23.2 Å². The average Bonchev–Trinajstić information content (AvgIpc) is 2.73. The van der Waals surface area contributed by atoms with Crippen molar-refractivity contribution in [2.75, 3.05) is 38.0 Å². The molecule has 0 saturated carbocycles. The molecular weight excluding hydrogens is 413 g/mol. The van der Waals surface area contributed by atoms with E-state index >= 15 is 0 Å². The number of carbonyl (C=O) groups is 2. The number of carbonyl (C=O) groups excluding carboxylic acids is 2. The first-order valence-electron chi connectivity index (χ1n) is 9.11. The average molecular weight is 434 g/mol. The second-order valence-corrected chi connectivity index (χ2v) is 7.41. The molecule has 1 heterocycles. The van der Waals surface area contributed by atoms with Crippen molar-refractivity contribution in [1.29, 1.82) is 0 Å². The van der Waals surface area contributed by atoms with Gasteiger partial charge in [-0.3, -0.25) is 9.59 Å². The molecule has 0 spiro atoms. The first kappa shape index (κ1) is 21.0. The summed E-state index contributed by atoms with van der Waals surface area (Å²) in [6, 6.07) is 10.4. The Bertz CT molecular complexity index is 941. The van der Waals surface area contributed by atoms with Crippen LogP contribution in [0.15, 0.2) is 49.1 Å². The first-order chi connectivity index (χ1) is 13.9. The van der Waals surface area contributed by atoms with Gasteiger partial charge in [-0.15, -0.1) is 0 Å². The van der Waals surface area contributed by atoms with Gasteiger partial charge in [-0.05, 0) is 18.2 Å². The number of phenols is 1. The molecule has 0 unspecified atom stereocenters. The molecule has 2 aromatic carbocycles. The summed E-state index contributed by atoms with van der Waals surface area (Å²) in [6.07, 6.45) is 1.28. The zero-order valence-electron chi connectivity index (χ0n) is 15.7. The van der Waals surface area contributed by atoms with Crippen molar-refractivity contribution in [2.24, 2.45) is 0 Å². The van der Waals surface area contributed by atoms with Crippen LogP contribution in [-0.2, 0) is 9.59 Å². The number of nitrogens with zero attached hydrogens (tertiary/aromatic N) is 2. The molecule has 0 aromatic heterocycles. The summed E-state index contributed by atoms with van der Waals surface area (Å²) in [5.41, 5.74) is 1.77. The fraction of sp³-hybridized carbons (Fsp3) is 0.238. The number of aromatic hydroxyl groups is 1. The zero-order chi connectivity index (χ0) is 21.0. The molecule has 1 saturated heterocycles. The number of nitrogens with one attached hydrogen (secondary N) is 1. The third-order valence-electron chi connectivity index (χ3n) is 4.80. The summed E-state index contributed by atoms with van der Waals surface area (Å²) in [7, 11) is 0. The van der Waals surface area contributed by atoms with Crippen LogP contribution in [0.25, 0.3) is 11.1 Å². The molecule has 29 heavy (non-hydrogen) atoms. The van der Waals surface area contributed by atoms with Crippen molar-refractivity contribution in [3.8, 4) is 16.9 Å². The lowest BCUT2D eigenvalue weighted by atomic mass is 10.0. The third-order valence-corrected chi connectivity index (χ3v) is 5.44. The summed E-state index contributed by atoms with van der Waals surface area (Å²) in [5.74, 6) is -0.308. The Hall–Kier alpha value is -2.70. The molecule has 0 atom stereocenters. The van der Waals surface area contributed by atoms with Crippen molar-refractivity contribution in [3.63, 3.8) is 0 Å². The number of hydrogen-bond donors (Lipinski definition) is 2. The lowest BCUT2D eigenvalue weighted by Gasteiger charge is -2.34. The fourth-order valence-corrected chi connectivity index (χ4v) is 3.68. The van der Waals surface area contributed by atoms with Crippen molar-refractivity contribution in [1.82, 2.24) is 9.80 Å². The number of phenolic OH excluding ortho intramolecular Hbond substituents is 1. The zero-order valence-corrected chi connectivity index (χ0v) is 17.2. The number of benzene rings is 2. The summed E-state index contributed by atoms with van der Waals surface area (Å²) >= 11 is 12.5. The summed E-state index contributed by atoms with van der Waals surface area (Å²) < 4.78 is 0. The van der Waals surface area contributed by atoms with Crippen LogP contribution in [0.3, 0.4) is 0 Å². The Balaban J connectivity index is 1.67. The molecule has 0 radical (unpaired) electrons. The minimum absolute atomic E-state index is 0.00651. The fourth-order valence-electron chi connectivity index (χ4n) is 3.18. The lowest BCUT2D eigenvalue weighted by molar-refractivity contribution is -0.135. The number of halogens is 2. The van der Waals surface area contributed by atoms with E-state index in [-0.39, 0.29) is 24.1 Å². The van der Waals surface area contributed by atoms with Gasteiger partial charge in [0.05, 0.1) is 17.3 Å². The van der Waals surface area contributed by atoms with Gasteiger partial charge in [0.2, 0.25) is 11.8 Å². The minimum Gasteiger partial charge on any atom is -0.506 e. The van der Waals surface area contributed by atoms with Crippen molar-refractivity contribution < 1.29 is 14.7 Å². The summed E-state index contributed by atoms with van der Waals surface area (Å²) in [5, 5.41) is 14.1. The highest BCUT2D eigenvalue weighted by Gasteiger charge is 2.23. The Morgan fingerprint density at radius 2 is 1.69 bits per heavy atom. The largest absolute Gasteiger partial charge is 0.506 e. The van der Waals surface area contributed by atoms with Crippen LogP contribution in [-0.4, -0.2) is 59.4 Å². The Labute approximate surface area is 179 Å². The molecular formula is C21H21Cl2N3O3. The van der Waals surface area contributed by atoms with E-state index in [1.807, 2.05) is 18.2 Å². The highest BCUT2D eigenvalue weighted by atomic mass is 35.5. The SMILES string of the molecule is C=CC(=O)N1CCN(C(=O)CNc2cc(-c3ccccc3Cl)c(Cl)cc2O)CC1. The van der Waals surface area contributed by atoms with E-state index in [0.29, 0.717) is 47.5 Å². The van der Waals surface area contributed by atoms with E-state index in [1.165, 1.54) is 12.1 Å². The number of hydrogen-bond acceptors (Lipinski definition) is 4. The molecule has 2 N–H and O–H groups in total. The normalized spacial score (nSPS) is 13.9. The minimum atomic E-state index is -0.131. The molecule has 1 aliphatic rings. The molecule has 152 valence electrons. The van der Waals surface area contributed by atoms with E-state index in [0.717, 1.165) is 5.56 Å². The maximum Gasteiger partial charge on any atom is 0.246 e. The van der Waals surface area contributed by atoms with Gasteiger partial charge in [-0.1, -0.05) is 48.0 Å². The number of rotatable bonds is 5. The van der Waals surface area contributed by atoms with Crippen LogP contribution in [0.4, 0.5) is 5.69 Å². The molecule has 3 rings (SSSR count). The summed E-state index contributed by atoms with van der Waals surface area (Å²) in [4.78, 5) is 27.5. The predicted molar refractivity (Wildman–Crippen MR) is 115 cm³/mol. The van der Waals surface area contributed by atoms with Gasteiger partial charge in [0.1, 0.15) is 5.75 Å². The lowest BCUT2D eigenvalue weighted by Crippen LogP contribution is -2.51. The van der Waals surface area contributed by atoms with Crippen molar-refractivity contribution in [3.05, 3.63) is 59.1 Å². The molecule has 1 fully saturated rings. The molecule has 0 aliphatic carbocycles. The quantitative estimate of drug-likeness (QED) is 0.557. The Morgan fingerprint density at radius 3 is 2.34 bits per heavy atom. The van der Waals surface area contributed by atoms with Gasteiger partial charge < -0.3 is 20.2 Å². The molecule has 0 bridgehead atoms. The van der Waals surface area contributed by atoms with Gasteiger partial charge in [-0.25, -0.2) is 0 Å². The maximum atomic E-state index is 12.5. The molecule has 2 aromatic rings. The van der Waals surface area contributed by atoms with Crippen LogP contribution in [0.2, 0.25) is 10.0 Å². The standard InChI is InChI=1S/C21H21Cl2N3O3/c1-2-20(28)25-7-9-26(10-8-25)21(29)13-24-18-11-15(17(23)12-19(18)27)14-5-3-4-6-16(14)22/h2-6,11-12,24,27H,1,7-10,13H2. The summed E-state index contributed by atoms with van der Waals surface area (Å²) in [6.45, 7) is 5.34. The Morgan fingerprint density at radius 1 is 1.03 bits per heavy atom. The van der Waals surface area contributed by atoms with Gasteiger partial charge in [0, 0.05) is 48.4 Å². The third kappa shape index (κ3) is 4.83. The second kappa shape index (κ2) is 9.20. The highest BCUT2D eigenvalue weighted by Crippen LogP contribution is 2.39. The van der Waals surface area contributed by atoms with Crippen LogP contribution >= 0.6 is 23.2 Å². The number of piperazine rings is 1. The van der Waals surface area contributed by atoms with Crippen molar-refractivity contribution >= 4 is 40.7 Å². The molecule has 2 amide bonds. The van der Waals surface area contributed by atoms with E-state index in [9.17, 15) is 14.7 Å². The highest BCUT2D eigenvalue weighted by molar-refractivity contribution is 6.36. The molecule has 1 aliphatic heterocycles. The van der Waals surface area contributed by atoms with E-state index in [2.05, 4.69) is 11.9 Å². The van der Waals surface area contributed by atoms with Crippen LogP contribution in [0, 0.1) is 0 Å². The molecule has 6 nitrogen and oxygen atoms in total. The second-order valence-electron chi connectivity index (χ2n) is 6.59. The first-order valence-corrected chi connectivity index (χ1v) is 9.86. The topological polar surface area (TPSA) is 72.9 Å². The van der Waals surface area contributed by atoms with Gasteiger partial charge in [0.15, 0.2) is 0 Å². The predicted octanol–water partition coefficient (Wildman–Crippen LogP) is 3.63. The van der Waals surface area contributed by atoms with E-state index in [1.54, 1.807) is 21.9 Å². The Kier molecular flexibility index (Phi) is 6.67. The van der Waals surface area contributed by atoms with Crippen LogP contribution in [0.1, 0.15) is 0 Å². The molecule has 8 heteroatoms. The van der Waals surface area contributed by atoms with Gasteiger partial charge in [-0.2, -0.15) is 0 Å². The van der Waals surface area contributed by atoms with Gasteiger partial charge in [0.25, 0.3) is 0 Å². The maximum absolute atomic E-state index is 12.5. The van der Waals surface area contributed by atoms with Crippen LogP contribution in [0.5, 0.6) is 5.75 Å². The monoisotopic (exact) mass is 433 g/mol. The van der Waals surface area contributed by atoms with E-state index < -0.39 is 0 Å². The smallest absolute Gasteiger partial charge is 0.246 e. The van der Waals surface area contributed by atoms with Gasteiger partial charge >= 0.3 is 0 Å². The van der Waals surface area contributed by atoms with Crippen LogP contribution < -0.4 is 5.32 Å².